The number of hydrogen-bond donors (Lipinski definition) is 2. The molecule has 0 saturated carbocycles. The van der Waals surface area contributed by atoms with Crippen molar-refractivity contribution in [3.63, 3.8) is 0 Å². The monoisotopic (exact) mass is 266 g/mol. The van der Waals surface area contributed by atoms with Crippen LogP contribution >= 0.6 is 0 Å². The molecule has 1 aliphatic rings. The third kappa shape index (κ3) is 3.53. The van der Waals surface area contributed by atoms with Gasteiger partial charge >= 0.3 is 0 Å². The summed E-state index contributed by atoms with van der Waals surface area (Å²) in [4.78, 5) is 0. The summed E-state index contributed by atoms with van der Waals surface area (Å²) < 4.78 is 19.9. The van der Waals surface area contributed by atoms with Gasteiger partial charge in [0.15, 0.2) is 0 Å². The molecule has 1 aromatic rings. The largest absolute Gasteiger partial charge is 0.378 e. The van der Waals surface area contributed by atoms with Crippen LogP contribution in [0, 0.1) is 19.7 Å². The smallest absolute Gasteiger partial charge is 0.128 e. The number of hydrogen-bond acceptors (Lipinski definition) is 3. The molecular formula is C15H23FN2O. The minimum absolute atomic E-state index is 0.176. The summed E-state index contributed by atoms with van der Waals surface area (Å²) in [6, 6.07) is 3.36. The molecule has 0 aliphatic carbocycles. The third-order valence-corrected chi connectivity index (χ3v) is 3.80. The highest BCUT2D eigenvalue weighted by Crippen LogP contribution is 2.28. The van der Waals surface area contributed by atoms with Crippen LogP contribution in [-0.4, -0.2) is 12.7 Å². The predicted octanol–water partition coefficient (Wildman–Crippen LogP) is 2.91. The Balaban J connectivity index is 2.16. The lowest BCUT2D eigenvalue weighted by Gasteiger charge is -2.28. The number of benzene rings is 1. The first-order valence-electron chi connectivity index (χ1n) is 6.96. The average Bonchev–Trinajstić information content (AvgIpc) is 2.37. The van der Waals surface area contributed by atoms with Crippen LogP contribution in [0.25, 0.3) is 0 Å². The topological polar surface area (TPSA) is 47.3 Å². The Morgan fingerprint density at radius 1 is 1.42 bits per heavy atom. The summed E-state index contributed by atoms with van der Waals surface area (Å²) in [6.07, 6.45) is 4.23. The molecule has 106 valence electrons. The molecule has 1 aromatic carbocycles. The van der Waals surface area contributed by atoms with Crippen LogP contribution < -0.4 is 11.3 Å². The molecule has 0 spiro atoms. The first kappa shape index (κ1) is 14.4. The summed E-state index contributed by atoms with van der Waals surface area (Å²) in [7, 11) is 0. The molecule has 0 radical (unpaired) electrons. The molecule has 3 N–H and O–H groups in total. The van der Waals surface area contributed by atoms with Crippen molar-refractivity contribution in [2.45, 2.75) is 51.7 Å². The van der Waals surface area contributed by atoms with Crippen LogP contribution in [0.15, 0.2) is 12.1 Å². The molecular weight excluding hydrogens is 243 g/mol. The van der Waals surface area contributed by atoms with Crippen LogP contribution in [0.1, 0.15) is 48.4 Å². The van der Waals surface area contributed by atoms with Crippen molar-refractivity contribution in [2.75, 3.05) is 6.61 Å². The zero-order chi connectivity index (χ0) is 13.8. The Hall–Kier alpha value is -0.970. The number of halogens is 1. The maximum absolute atomic E-state index is 14.2. The first-order chi connectivity index (χ1) is 9.11. The standard InChI is InChI=1S/C15H23FN2O/c1-10-7-11(2)15(13(16)8-10)14(18-17)9-12-5-3-4-6-19-12/h7-8,12,14,18H,3-6,9,17H2,1-2H3. The molecule has 0 bridgehead atoms. The molecule has 3 nitrogen and oxygen atoms in total. The van der Waals surface area contributed by atoms with Gasteiger partial charge in [-0.05, 0) is 56.7 Å². The van der Waals surface area contributed by atoms with Crippen molar-refractivity contribution in [2.24, 2.45) is 5.84 Å². The highest BCUT2D eigenvalue weighted by atomic mass is 19.1. The molecule has 1 heterocycles. The van der Waals surface area contributed by atoms with E-state index >= 15 is 0 Å². The van der Waals surface area contributed by atoms with Crippen molar-refractivity contribution >= 4 is 0 Å². The fourth-order valence-corrected chi connectivity index (χ4v) is 2.89. The number of ether oxygens (including phenoxy) is 1. The minimum atomic E-state index is -0.191. The summed E-state index contributed by atoms with van der Waals surface area (Å²) in [6.45, 7) is 4.63. The fraction of sp³-hybridized carbons (Fsp3) is 0.600. The Morgan fingerprint density at radius 3 is 2.79 bits per heavy atom. The van der Waals surface area contributed by atoms with Gasteiger partial charge in [0.2, 0.25) is 0 Å². The number of nitrogens with one attached hydrogen (secondary N) is 1. The van der Waals surface area contributed by atoms with E-state index in [0.29, 0.717) is 5.56 Å². The Morgan fingerprint density at radius 2 is 2.21 bits per heavy atom. The highest BCUT2D eigenvalue weighted by molar-refractivity contribution is 5.34. The molecule has 4 heteroatoms. The van der Waals surface area contributed by atoms with Crippen LogP contribution in [-0.2, 0) is 4.74 Å². The number of hydrazine groups is 1. The number of nitrogens with two attached hydrogens (primary N) is 1. The lowest BCUT2D eigenvalue weighted by molar-refractivity contribution is 0.00480. The van der Waals surface area contributed by atoms with Gasteiger partial charge in [0, 0.05) is 12.2 Å². The molecule has 1 saturated heterocycles. The van der Waals surface area contributed by atoms with Gasteiger partial charge in [-0.1, -0.05) is 6.07 Å². The quantitative estimate of drug-likeness (QED) is 0.650. The van der Waals surface area contributed by atoms with E-state index in [1.54, 1.807) is 6.07 Å². The van der Waals surface area contributed by atoms with Gasteiger partial charge < -0.3 is 4.74 Å². The molecule has 2 atom stereocenters. The molecule has 1 fully saturated rings. The SMILES string of the molecule is Cc1cc(C)c(C(CC2CCCCO2)NN)c(F)c1. The summed E-state index contributed by atoms with van der Waals surface area (Å²) >= 11 is 0. The van der Waals surface area contributed by atoms with Crippen LogP contribution in [0.3, 0.4) is 0 Å². The molecule has 0 aromatic heterocycles. The third-order valence-electron chi connectivity index (χ3n) is 3.80. The van der Waals surface area contributed by atoms with Gasteiger partial charge in [-0.15, -0.1) is 0 Å². The molecule has 0 amide bonds. The Bertz CT molecular complexity index is 407. The van der Waals surface area contributed by atoms with Crippen LogP contribution in [0.5, 0.6) is 0 Å². The van der Waals surface area contributed by atoms with E-state index < -0.39 is 0 Å². The van der Waals surface area contributed by atoms with Gasteiger partial charge in [0.25, 0.3) is 0 Å². The molecule has 1 aliphatic heterocycles. The fourth-order valence-electron chi connectivity index (χ4n) is 2.89. The molecule has 19 heavy (non-hydrogen) atoms. The van der Waals surface area contributed by atoms with E-state index in [-0.39, 0.29) is 18.0 Å². The van der Waals surface area contributed by atoms with Gasteiger partial charge in [-0.3, -0.25) is 11.3 Å². The lowest BCUT2D eigenvalue weighted by Crippen LogP contribution is -2.34. The average molecular weight is 266 g/mol. The van der Waals surface area contributed by atoms with E-state index in [9.17, 15) is 4.39 Å². The van der Waals surface area contributed by atoms with Crippen molar-refractivity contribution in [1.29, 1.82) is 0 Å². The second-order valence-electron chi connectivity index (χ2n) is 5.42. The summed E-state index contributed by atoms with van der Waals surface area (Å²) in [5.74, 6) is 5.44. The van der Waals surface area contributed by atoms with E-state index in [1.807, 2.05) is 19.9 Å². The van der Waals surface area contributed by atoms with Crippen LogP contribution in [0.4, 0.5) is 4.39 Å². The van der Waals surface area contributed by atoms with Crippen molar-refractivity contribution in [1.82, 2.24) is 5.43 Å². The predicted molar refractivity (Wildman–Crippen MR) is 74.1 cm³/mol. The second kappa shape index (κ2) is 6.46. The lowest BCUT2D eigenvalue weighted by atomic mass is 9.93. The zero-order valence-corrected chi connectivity index (χ0v) is 11.7. The minimum Gasteiger partial charge on any atom is -0.378 e. The van der Waals surface area contributed by atoms with Crippen LogP contribution in [0.2, 0.25) is 0 Å². The Kier molecular flexibility index (Phi) is 4.91. The second-order valence-corrected chi connectivity index (χ2v) is 5.42. The summed E-state index contributed by atoms with van der Waals surface area (Å²) in [5, 5.41) is 0. The zero-order valence-electron chi connectivity index (χ0n) is 11.7. The first-order valence-corrected chi connectivity index (χ1v) is 6.96. The van der Waals surface area contributed by atoms with Crippen molar-refractivity contribution in [3.05, 3.63) is 34.6 Å². The maximum Gasteiger partial charge on any atom is 0.128 e. The number of rotatable bonds is 4. The van der Waals surface area contributed by atoms with Gasteiger partial charge in [0.05, 0.1) is 12.1 Å². The maximum atomic E-state index is 14.2. The van der Waals surface area contributed by atoms with Crippen molar-refractivity contribution in [3.8, 4) is 0 Å². The Labute approximate surface area is 114 Å². The van der Waals surface area contributed by atoms with E-state index in [4.69, 9.17) is 10.6 Å². The van der Waals surface area contributed by atoms with Gasteiger partial charge in [-0.2, -0.15) is 0 Å². The van der Waals surface area contributed by atoms with E-state index in [1.165, 1.54) is 6.42 Å². The highest BCUT2D eigenvalue weighted by Gasteiger charge is 2.23. The van der Waals surface area contributed by atoms with Gasteiger partial charge in [-0.25, -0.2) is 4.39 Å². The van der Waals surface area contributed by atoms with E-state index in [0.717, 1.165) is 37.0 Å². The number of aryl methyl sites for hydroxylation is 2. The van der Waals surface area contributed by atoms with Gasteiger partial charge in [0.1, 0.15) is 5.82 Å². The normalized spacial score (nSPS) is 21.4. The summed E-state index contributed by atoms with van der Waals surface area (Å²) in [5.41, 5.74) is 5.29. The van der Waals surface area contributed by atoms with E-state index in [2.05, 4.69) is 5.43 Å². The van der Waals surface area contributed by atoms with Crippen molar-refractivity contribution < 1.29 is 9.13 Å². The molecule has 2 unspecified atom stereocenters. The molecule has 2 rings (SSSR count).